The molecular weight excluding hydrogens is 492 g/mol. The Morgan fingerprint density at radius 1 is 1.12 bits per heavy atom. The number of carbonyl (C=O) groups excluding carboxylic acids is 2. The molecule has 0 aromatic heterocycles. The molecule has 1 atom stereocenters. The zero-order chi connectivity index (χ0) is 23.7. The van der Waals surface area contributed by atoms with Gasteiger partial charge in [0.25, 0.3) is 0 Å². The van der Waals surface area contributed by atoms with Gasteiger partial charge in [0.15, 0.2) is 10.7 Å². The van der Waals surface area contributed by atoms with Crippen LogP contribution < -0.4 is 10.6 Å². The van der Waals surface area contributed by atoms with Gasteiger partial charge in [0.05, 0.1) is 6.10 Å². The number of benzene rings is 2. The summed E-state index contributed by atoms with van der Waals surface area (Å²) in [7, 11) is 0. The fourth-order valence-corrected chi connectivity index (χ4v) is 3.56. The van der Waals surface area contributed by atoms with E-state index < -0.39 is 17.6 Å². The molecule has 2 N–H and O–H groups in total. The Morgan fingerprint density at radius 3 is 2.31 bits per heavy atom. The van der Waals surface area contributed by atoms with E-state index in [4.69, 9.17) is 21.7 Å². The van der Waals surface area contributed by atoms with Crippen molar-refractivity contribution < 1.29 is 19.1 Å². The van der Waals surface area contributed by atoms with Crippen LogP contribution in [0.15, 0.2) is 71.2 Å². The first kappa shape index (κ1) is 25.5. The average Bonchev–Trinajstić information content (AvgIpc) is 2.72. The third-order valence-electron chi connectivity index (χ3n) is 4.35. The SMILES string of the molecule is C=C(C)C[C@](NC(=S)NC(=O)OCc1ccccc1)(C(=O)OC(C)C)c1ccc(Br)cc1. The number of nitrogens with one attached hydrogen (secondary N) is 2. The minimum absolute atomic E-state index is 0.0621. The Balaban J connectivity index is 2.24. The molecule has 2 rings (SSSR count). The number of alkyl carbamates (subject to hydrolysis) is 1. The van der Waals surface area contributed by atoms with Crippen molar-refractivity contribution in [3.8, 4) is 0 Å². The molecule has 0 radical (unpaired) electrons. The molecule has 6 nitrogen and oxygen atoms in total. The number of rotatable bonds is 8. The number of halogens is 1. The number of esters is 1. The average molecular weight is 519 g/mol. The summed E-state index contributed by atoms with van der Waals surface area (Å²) in [5.74, 6) is -0.528. The van der Waals surface area contributed by atoms with E-state index in [9.17, 15) is 9.59 Å². The summed E-state index contributed by atoms with van der Waals surface area (Å²) >= 11 is 8.76. The highest BCUT2D eigenvalue weighted by Crippen LogP contribution is 2.31. The van der Waals surface area contributed by atoms with E-state index in [1.807, 2.05) is 49.4 Å². The van der Waals surface area contributed by atoms with Gasteiger partial charge in [-0.1, -0.05) is 64.0 Å². The predicted octanol–water partition coefficient (Wildman–Crippen LogP) is 5.36. The smallest absolute Gasteiger partial charge is 0.413 e. The molecule has 1 amide bonds. The van der Waals surface area contributed by atoms with Crippen LogP contribution in [0.5, 0.6) is 0 Å². The fourth-order valence-electron chi connectivity index (χ4n) is 3.04. The van der Waals surface area contributed by atoms with Crippen LogP contribution in [0.2, 0.25) is 0 Å². The van der Waals surface area contributed by atoms with Gasteiger partial charge in [0.2, 0.25) is 0 Å². The molecule has 0 bridgehead atoms. The molecule has 0 spiro atoms. The summed E-state index contributed by atoms with van der Waals surface area (Å²) in [5.41, 5.74) is 0.820. The van der Waals surface area contributed by atoms with E-state index in [-0.39, 0.29) is 24.2 Å². The first-order valence-corrected chi connectivity index (χ1v) is 11.2. The summed E-state index contributed by atoms with van der Waals surface area (Å²) in [5, 5.41) is 5.42. The van der Waals surface area contributed by atoms with Crippen molar-refractivity contribution in [2.75, 3.05) is 0 Å². The molecule has 8 heteroatoms. The summed E-state index contributed by atoms with van der Waals surface area (Å²) in [6, 6.07) is 16.5. The predicted molar refractivity (Wildman–Crippen MR) is 132 cm³/mol. The molecule has 0 fully saturated rings. The summed E-state index contributed by atoms with van der Waals surface area (Å²) in [6.07, 6.45) is -0.869. The van der Waals surface area contributed by atoms with Crippen molar-refractivity contribution in [1.29, 1.82) is 0 Å². The van der Waals surface area contributed by atoms with Crippen molar-refractivity contribution in [2.45, 2.75) is 45.4 Å². The van der Waals surface area contributed by atoms with Gasteiger partial charge in [-0.05, 0) is 56.2 Å². The molecule has 170 valence electrons. The minimum atomic E-state index is -1.37. The number of thiocarbonyl (C=S) groups is 1. The zero-order valence-electron chi connectivity index (χ0n) is 18.3. The van der Waals surface area contributed by atoms with Gasteiger partial charge in [-0.15, -0.1) is 6.58 Å². The van der Waals surface area contributed by atoms with Crippen LogP contribution in [0.1, 0.15) is 38.3 Å². The Bertz CT molecular complexity index is 964. The molecule has 2 aromatic carbocycles. The standard InChI is InChI=1S/C24H27BrN2O4S/c1-16(2)14-24(21(28)31-17(3)4,19-10-12-20(25)13-11-19)27-22(32)26-23(29)30-15-18-8-6-5-7-9-18/h5-13,17H,1,14-15H2,2-4H3,(H2,26,27,29,32)/t24-/m1/s1. The molecule has 32 heavy (non-hydrogen) atoms. The highest BCUT2D eigenvalue weighted by Gasteiger charge is 2.43. The zero-order valence-corrected chi connectivity index (χ0v) is 20.7. The van der Waals surface area contributed by atoms with Crippen LogP contribution in [0.3, 0.4) is 0 Å². The normalized spacial score (nSPS) is 12.4. The highest BCUT2D eigenvalue weighted by atomic mass is 79.9. The van der Waals surface area contributed by atoms with Gasteiger partial charge in [-0.25, -0.2) is 9.59 Å². The largest absolute Gasteiger partial charge is 0.461 e. The second-order valence-electron chi connectivity index (χ2n) is 7.64. The summed E-state index contributed by atoms with van der Waals surface area (Å²) in [4.78, 5) is 25.6. The van der Waals surface area contributed by atoms with Gasteiger partial charge < -0.3 is 14.8 Å². The lowest BCUT2D eigenvalue weighted by molar-refractivity contribution is -0.155. The Morgan fingerprint density at radius 2 is 1.75 bits per heavy atom. The lowest BCUT2D eigenvalue weighted by Gasteiger charge is -2.35. The molecule has 0 unspecified atom stereocenters. The van der Waals surface area contributed by atoms with Crippen molar-refractivity contribution in [2.24, 2.45) is 0 Å². The lowest BCUT2D eigenvalue weighted by Crippen LogP contribution is -2.56. The van der Waals surface area contributed by atoms with Gasteiger partial charge in [0.1, 0.15) is 6.61 Å². The maximum Gasteiger partial charge on any atom is 0.413 e. The van der Waals surface area contributed by atoms with Crippen LogP contribution in [0, 0.1) is 0 Å². The van der Waals surface area contributed by atoms with E-state index >= 15 is 0 Å². The van der Waals surface area contributed by atoms with E-state index in [2.05, 4.69) is 33.1 Å². The van der Waals surface area contributed by atoms with Crippen LogP contribution in [-0.2, 0) is 26.4 Å². The lowest BCUT2D eigenvalue weighted by atomic mass is 9.84. The molecular formula is C24H27BrN2O4S. The van der Waals surface area contributed by atoms with Crippen molar-refractivity contribution in [1.82, 2.24) is 10.6 Å². The number of hydrogen-bond donors (Lipinski definition) is 2. The first-order chi connectivity index (χ1) is 15.1. The molecule has 0 aliphatic heterocycles. The molecule has 0 heterocycles. The van der Waals surface area contributed by atoms with Crippen LogP contribution >= 0.6 is 28.1 Å². The number of carbonyl (C=O) groups is 2. The van der Waals surface area contributed by atoms with Crippen molar-refractivity contribution in [3.63, 3.8) is 0 Å². The monoisotopic (exact) mass is 518 g/mol. The van der Waals surface area contributed by atoms with Crippen molar-refractivity contribution in [3.05, 3.63) is 82.3 Å². The topological polar surface area (TPSA) is 76.7 Å². The van der Waals surface area contributed by atoms with Crippen LogP contribution in [-0.4, -0.2) is 23.3 Å². The van der Waals surface area contributed by atoms with Gasteiger partial charge in [-0.2, -0.15) is 0 Å². The van der Waals surface area contributed by atoms with E-state index in [0.717, 1.165) is 15.6 Å². The molecule has 0 saturated carbocycles. The minimum Gasteiger partial charge on any atom is -0.461 e. The van der Waals surface area contributed by atoms with E-state index in [1.54, 1.807) is 26.0 Å². The second kappa shape index (κ2) is 11.8. The Labute approximate surface area is 202 Å². The Hall–Kier alpha value is -2.71. The maximum atomic E-state index is 13.3. The van der Waals surface area contributed by atoms with Gasteiger partial charge >= 0.3 is 12.1 Å². The van der Waals surface area contributed by atoms with E-state index in [0.29, 0.717) is 5.56 Å². The molecule has 0 aliphatic carbocycles. The fraction of sp³-hybridized carbons (Fsp3) is 0.292. The highest BCUT2D eigenvalue weighted by molar-refractivity contribution is 9.10. The number of amides is 1. The second-order valence-corrected chi connectivity index (χ2v) is 8.96. The van der Waals surface area contributed by atoms with Crippen LogP contribution in [0.25, 0.3) is 0 Å². The van der Waals surface area contributed by atoms with Gasteiger partial charge in [0, 0.05) is 10.9 Å². The van der Waals surface area contributed by atoms with Crippen molar-refractivity contribution >= 4 is 45.3 Å². The summed E-state index contributed by atoms with van der Waals surface area (Å²) in [6.45, 7) is 9.40. The van der Waals surface area contributed by atoms with Crippen LogP contribution in [0.4, 0.5) is 4.79 Å². The summed E-state index contributed by atoms with van der Waals surface area (Å²) < 4.78 is 11.6. The maximum absolute atomic E-state index is 13.3. The number of hydrogen-bond acceptors (Lipinski definition) is 5. The quantitative estimate of drug-likeness (QED) is 0.278. The molecule has 2 aromatic rings. The molecule has 0 saturated heterocycles. The number of ether oxygens (including phenoxy) is 2. The first-order valence-electron chi connectivity index (χ1n) is 10.0. The third-order valence-corrected chi connectivity index (χ3v) is 5.08. The Kier molecular flexibility index (Phi) is 9.41. The molecule has 0 aliphatic rings. The van der Waals surface area contributed by atoms with E-state index in [1.165, 1.54) is 0 Å². The van der Waals surface area contributed by atoms with Gasteiger partial charge in [-0.3, -0.25) is 5.32 Å². The third kappa shape index (κ3) is 7.46.